The van der Waals surface area contributed by atoms with Gasteiger partial charge in [-0.05, 0) is 42.3 Å². The number of benzene rings is 2. The van der Waals surface area contributed by atoms with Gasteiger partial charge in [0.05, 0.1) is 10.0 Å². The lowest BCUT2D eigenvalue weighted by Gasteiger charge is -2.24. The summed E-state index contributed by atoms with van der Waals surface area (Å²) >= 11 is 14.2. The first-order chi connectivity index (χ1) is 10.2. The molecular formula is C17H17Cl2NS. The molecule has 0 saturated carbocycles. The maximum atomic E-state index is 6.19. The molecule has 0 aliphatic carbocycles. The van der Waals surface area contributed by atoms with Crippen LogP contribution in [0, 0.1) is 0 Å². The first kappa shape index (κ1) is 15.2. The number of nitrogens with one attached hydrogen (secondary N) is 1. The van der Waals surface area contributed by atoms with E-state index in [-0.39, 0.29) is 6.04 Å². The molecule has 3 rings (SSSR count). The van der Waals surface area contributed by atoms with Gasteiger partial charge in [-0.25, -0.2) is 0 Å². The topological polar surface area (TPSA) is 12.0 Å². The SMILES string of the molecule is CCNC(c1ccc(Cl)c(Cl)c1)C1Cc2ccccc2S1. The summed E-state index contributed by atoms with van der Waals surface area (Å²) in [6.07, 6.45) is 1.08. The first-order valence-electron chi connectivity index (χ1n) is 7.12. The standard InChI is InChI=1S/C17H17Cl2NS/c1-2-20-17(12-7-8-13(18)14(19)9-12)16-10-11-5-3-4-6-15(11)21-16/h3-9,16-17,20H,2,10H2,1H3. The van der Waals surface area contributed by atoms with Crippen molar-refractivity contribution in [3.05, 3.63) is 63.6 Å². The molecule has 2 aromatic carbocycles. The predicted molar refractivity (Wildman–Crippen MR) is 92.7 cm³/mol. The Morgan fingerprint density at radius 2 is 2.00 bits per heavy atom. The fourth-order valence-electron chi connectivity index (χ4n) is 2.78. The number of rotatable bonds is 4. The smallest absolute Gasteiger partial charge is 0.0595 e. The molecule has 0 aromatic heterocycles. The lowest BCUT2D eigenvalue weighted by molar-refractivity contribution is 0.532. The van der Waals surface area contributed by atoms with Crippen LogP contribution in [0.2, 0.25) is 10.0 Å². The van der Waals surface area contributed by atoms with Gasteiger partial charge in [-0.3, -0.25) is 0 Å². The summed E-state index contributed by atoms with van der Waals surface area (Å²) in [6, 6.07) is 14.9. The van der Waals surface area contributed by atoms with Gasteiger partial charge >= 0.3 is 0 Å². The molecule has 0 fully saturated rings. The molecule has 0 bridgehead atoms. The fraction of sp³-hybridized carbons (Fsp3) is 0.294. The fourth-order valence-corrected chi connectivity index (χ4v) is 4.53. The average Bonchev–Trinajstić information content (AvgIpc) is 2.91. The van der Waals surface area contributed by atoms with Crippen molar-refractivity contribution in [2.75, 3.05) is 6.54 Å². The zero-order chi connectivity index (χ0) is 14.8. The molecular weight excluding hydrogens is 321 g/mol. The van der Waals surface area contributed by atoms with Crippen molar-refractivity contribution in [3.63, 3.8) is 0 Å². The number of halogens is 2. The number of hydrogen-bond acceptors (Lipinski definition) is 2. The van der Waals surface area contributed by atoms with Gasteiger partial charge in [0.2, 0.25) is 0 Å². The molecule has 21 heavy (non-hydrogen) atoms. The third-order valence-electron chi connectivity index (χ3n) is 3.77. The van der Waals surface area contributed by atoms with E-state index < -0.39 is 0 Å². The van der Waals surface area contributed by atoms with E-state index in [9.17, 15) is 0 Å². The van der Waals surface area contributed by atoms with Gasteiger partial charge in [-0.1, -0.05) is 54.4 Å². The van der Waals surface area contributed by atoms with Gasteiger partial charge in [0.25, 0.3) is 0 Å². The Kier molecular flexibility index (Phi) is 4.80. The zero-order valence-electron chi connectivity index (χ0n) is 11.8. The molecule has 2 unspecified atom stereocenters. The van der Waals surface area contributed by atoms with Crippen LogP contribution in [0.3, 0.4) is 0 Å². The van der Waals surface area contributed by atoms with Crippen LogP contribution in [-0.4, -0.2) is 11.8 Å². The van der Waals surface area contributed by atoms with E-state index in [1.165, 1.54) is 16.0 Å². The van der Waals surface area contributed by atoms with Gasteiger partial charge in [0.15, 0.2) is 0 Å². The summed E-state index contributed by atoms with van der Waals surface area (Å²) in [6.45, 7) is 3.07. The molecule has 1 heterocycles. The quantitative estimate of drug-likeness (QED) is 0.805. The van der Waals surface area contributed by atoms with Crippen LogP contribution in [0.1, 0.15) is 24.1 Å². The van der Waals surface area contributed by atoms with E-state index in [0.717, 1.165) is 13.0 Å². The molecule has 2 atom stereocenters. The van der Waals surface area contributed by atoms with Crippen molar-refractivity contribution in [2.45, 2.75) is 29.5 Å². The van der Waals surface area contributed by atoms with E-state index >= 15 is 0 Å². The Balaban J connectivity index is 1.87. The second-order valence-electron chi connectivity index (χ2n) is 5.18. The minimum Gasteiger partial charge on any atom is -0.309 e. The molecule has 1 aliphatic rings. The highest BCUT2D eigenvalue weighted by Crippen LogP contribution is 2.43. The van der Waals surface area contributed by atoms with Crippen molar-refractivity contribution >= 4 is 35.0 Å². The summed E-state index contributed by atoms with van der Waals surface area (Å²) in [5.41, 5.74) is 2.65. The van der Waals surface area contributed by atoms with Crippen LogP contribution in [0.5, 0.6) is 0 Å². The van der Waals surface area contributed by atoms with E-state index in [1.807, 2.05) is 23.9 Å². The lowest BCUT2D eigenvalue weighted by atomic mass is 9.98. The highest BCUT2D eigenvalue weighted by molar-refractivity contribution is 8.00. The van der Waals surface area contributed by atoms with Crippen LogP contribution in [0.15, 0.2) is 47.4 Å². The molecule has 4 heteroatoms. The molecule has 0 amide bonds. The van der Waals surface area contributed by atoms with Crippen LogP contribution >= 0.6 is 35.0 Å². The monoisotopic (exact) mass is 337 g/mol. The van der Waals surface area contributed by atoms with Crippen LogP contribution in [0.25, 0.3) is 0 Å². The Hall–Kier alpha value is -0.670. The Bertz CT molecular complexity index is 619. The first-order valence-corrected chi connectivity index (χ1v) is 8.75. The third-order valence-corrected chi connectivity index (χ3v) is 5.90. The number of thioether (sulfide) groups is 1. The summed E-state index contributed by atoms with van der Waals surface area (Å²) < 4.78 is 0. The van der Waals surface area contributed by atoms with Crippen molar-refractivity contribution in [1.82, 2.24) is 5.32 Å². The van der Waals surface area contributed by atoms with E-state index in [0.29, 0.717) is 15.3 Å². The summed E-state index contributed by atoms with van der Waals surface area (Å²) in [5, 5.41) is 5.32. The Labute approximate surface area is 140 Å². The van der Waals surface area contributed by atoms with Crippen LogP contribution in [0.4, 0.5) is 0 Å². The molecule has 1 N–H and O–H groups in total. The number of fused-ring (bicyclic) bond motifs is 1. The van der Waals surface area contributed by atoms with Crippen molar-refractivity contribution in [2.24, 2.45) is 0 Å². The molecule has 2 aromatic rings. The van der Waals surface area contributed by atoms with Crippen molar-refractivity contribution in [1.29, 1.82) is 0 Å². The molecule has 0 spiro atoms. The maximum absolute atomic E-state index is 6.19. The molecule has 0 radical (unpaired) electrons. The zero-order valence-corrected chi connectivity index (χ0v) is 14.1. The highest BCUT2D eigenvalue weighted by atomic mass is 35.5. The van der Waals surface area contributed by atoms with Gasteiger partial charge in [-0.15, -0.1) is 11.8 Å². The minimum atomic E-state index is 0.280. The lowest BCUT2D eigenvalue weighted by Crippen LogP contribution is -2.30. The molecule has 110 valence electrons. The second-order valence-corrected chi connectivity index (χ2v) is 7.27. The molecule has 1 nitrogen and oxygen atoms in total. The van der Waals surface area contributed by atoms with E-state index in [2.05, 4.69) is 42.6 Å². The van der Waals surface area contributed by atoms with E-state index in [4.69, 9.17) is 23.2 Å². The molecule has 1 aliphatic heterocycles. The Morgan fingerprint density at radius 1 is 1.19 bits per heavy atom. The maximum Gasteiger partial charge on any atom is 0.0595 e. The van der Waals surface area contributed by atoms with Crippen molar-refractivity contribution < 1.29 is 0 Å². The molecule has 0 saturated heterocycles. The highest BCUT2D eigenvalue weighted by Gasteiger charge is 2.30. The van der Waals surface area contributed by atoms with Crippen molar-refractivity contribution in [3.8, 4) is 0 Å². The predicted octanol–water partition coefficient (Wildman–Crippen LogP) is 5.36. The van der Waals surface area contributed by atoms with Crippen LogP contribution in [-0.2, 0) is 6.42 Å². The van der Waals surface area contributed by atoms with Gasteiger partial charge < -0.3 is 5.32 Å². The van der Waals surface area contributed by atoms with E-state index in [1.54, 1.807) is 0 Å². The summed E-state index contributed by atoms with van der Waals surface area (Å²) in [7, 11) is 0. The summed E-state index contributed by atoms with van der Waals surface area (Å²) in [5.74, 6) is 0. The third kappa shape index (κ3) is 3.24. The summed E-state index contributed by atoms with van der Waals surface area (Å²) in [4.78, 5) is 1.39. The Morgan fingerprint density at radius 3 is 2.71 bits per heavy atom. The van der Waals surface area contributed by atoms with Gasteiger partial charge in [0.1, 0.15) is 0 Å². The second kappa shape index (κ2) is 6.62. The van der Waals surface area contributed by atoms with Gasteiger partial charge in [-0.2, -0.15) is 0 Å². The van der Waals surface area contributed by atoms with Crippen LogP contribution < -0.4 is 5.32 Å². The largest absolute Gasteiger partial charge is 0.309 e. The average molecular weight is 338 g/mol. The number of hydrogen-bond donors (Lipinski definition) is 1. The van der Waals surface area contributed by atoms with Gasteiger partial charge in [0, 0.05) is 16.2 Å². The normalized spacial score (nSPS) is 18.5. The minimum absolute atomic E-state index is 0.280.